The van der Waals surface area contributed by atoms with Crippen LogP contribution < -0.4 is 5.32 Å². The number of nitrogens with zero attached hydrogens (tertiary/aromatic N) is 1. The number of alkyl carbamates (subject to hydrolysis) is 1. The summed E-state index contributed by atoms with van der Waals surface area (Å²) in [6, 6.07) is 14.1. The quantitative estimate of drug-likeness (QED) is 0.649. The van der Waals surface area contributed by atoms with Gasteiger partial charge in [-0.3, -0.25) is 4.79 Å². The number of amides is 2. The van der Waals surface area contributed by atoms with Crippen molar-refractivity contribution in [1.82, 2.24) is 10.2 Å². The third-order valence-corrected chi connectivity index (χ3v) is 6.65. The number of rotatable bonds is 7. The number of carbonyl (C=O) groups is 3. The van der Waals surface area contributed by atoms with Crippen LogP contribution in [0.3, 0.4) is 0 Å². The van der Waals surface area contributed by atoms with E-state index in [2.05, 4.69) is 17.4 Å². The number of benzene rings is 2. The van der Waals surface area contributed by atoms with Gasteiger partial charge in [0, 0.05) is 19.6 Å². The average Bonchev–Trinajstić information content (AvgIpc) is 3.15. The van der Waals surface area contributed by atoms with Crippen molar-refractivity contribution in [2.24, 2.45) is 5.92 Å². The number of hydrogen-bond donors (Lipinski definition) is 2. The lowest BCUT2D eigenvalue weighted by atomic mass is 9.93. The summed E-state index contributed by atoms with van der Waals surface area (Å²) in [4.78, 5) is 38.9. The Labute approximate surface area is 198 Å². The number of methoxy groups -OCH3 is 1. The highest BCUT2D eigenvalue weighted by Crippen LogP contribution is 2.44. The highest BCUT2D eigenvalue weighted by molar-refractivity contribution is 5.89. The molecule has 0 spiro atoms. The first kappa shape index (κ1) is 23.8. The Bertz CT molecular complexity index is 1030. The minimum Gasteiger partial charge on any atom is -0.480 e. The normalized spacial score (nSPS) is 20.2. The van der Waals surface area contributed by atoms with Crippen LogP contribution in [0.15, 0.2) is 48.5 Å². The summed E-state index contributed by atoms with van der Waals surface area (Å²) < 4.78 is 10.7. The lowest BCUT2D eigenvalue weighted by molar-refractivity contribution is -0.154. The number of piperidine rings is 1. The maximum Gasteiger partial charge on any atom is 0.407 e. The van der Waals surface area contributed by atoms with E-state index in [0.29, 0.717) is 13.0 Å². The van der Waals surface area contributed by atoms with Gasteiger partial charge in [0.25, 0.3) is 0 Å². The highest BCUT2D eigenvalue weighted by atomic mass is 16.5. The van der Waals surface area contributed by atoms with Gasteiger partial charge in [0.15, 0.2) is 0 Å². The molecule has 34 heavy (non-hydrogen) atoms. The first-order valence-electron chi connectivity index (χ1n) is 11.5. The molecule has 8 heteroatoms. The molecule has 4 rings (SSSR count). The van der Waals surface area contributed by atoms with Gasteiger partial charge in [-0.1, -0.05) is 55.5 Å². The number of likely N-dealkylation sites (tertiary alicyclic amines) is 1. The van der Waals surface area contributed by atoms with E-state index in [0.717, 1.165) is 28.7 Å². The van der Waals surface area contributed by atoms with Crippen LogP contribution in [0.1, 0.15) is 36.8 Å². The second-order valence-corrected chi connectivity index (χ2v) is 9.00. The molecule has 1 aliphatic heterocycles. The van der Waals surface area contributed by atoms with Crippen molar-refractivity contribution in [2.45, 2.75) is 37.8 Å². The van der Waals surface area contributed by atoms with Gasteiger partial charge in [-0.2, -0.15) is 0 Å². The SMILES string of the molecule is COC[C@H](NC(=O)OCC1c2ccccc2-c2ccccc21)C(=O)N1CC(C)CCC1C(=O)O. The minimum absolute atomic E-state index is 0.0831. The van der Waals surface area contributed by atoms with Crippen LogP contribution >= 0.6 is 0 Å². The van der Waals surface area contributed by atoms with Crippen LogP contribution in [0.25, 0.3) is 11.1 Å². The van der Waals surface area contributed by atoms with Crippen molar-refractivity contribution >= 4 is 18.0 Å². The molecule has 2 amide bonds. The fraction of sp³-hybridized carbons (Fsp3) is 0.423. The summed E-state index contributed by atoms with van der Waals surface area (Å²) in [5.74, 6) is -1.45. The number of carboxylic acids is 1. The Morgan fingerprint density at radius 3 is 2.26 bits per heavy atom. The van der Waals surface area contributed by atoms with Crippen LogP contribution in [-0.2, 0) is 19.1 Å². The molecule has 2 N–H and O–H groups in total. The molecule has 180 valence electrons. The average molecular weight is 467 g/mol. The maximum atomic E-state index is 13.2. The second kappa shape index (κ2) is 10.3. The predicted molar refractivity (Wildman–Crippen MR) is 125 cm³/mol. The Morgan fingerprint density at radius 1 is 1.06 bits per heavy atom. The number of carbonyl (C=O) groups excluding carboxylic acids is 2. The molecule has 0 bridgehead atoms. The van der Waals surface area contributed by atoms with Gasteiger partial charge in [0.1, 0.15) is 18.7 Å². The molecule has 1 saturated heterocycles. The van der Waals surface area contributed by atoms with Crippen LogP contribution in [-0.4, -0.2) is 66.9 Å². The molecule has 2 aromatic rings. The summed E-state index contributed by atoms with van der Waals surface area (Å²) in [5.41, 5.74) is 4.43. The fourth-order valence-electron chi connectivity index (χ4n) is 4.98. The maximum absolute atomic E-state index is 13.2. The van der Waals surface area contributed by atoms with Gasteiger partial charge in [-0.05, 0) is 41.0 Å². The summed E-state index contributed by atoms with van der Waals surface area (Å²) in [5, 5.41) is 12.2. The van der Waals surface area contributed by atoms with Gasteiger partial charge in [-0.15, -0.1) is 0 Å². The minimum atomic E-state index is -1.04. The second-order valence-electron chi connectivity index (χ2n) is 9.00. The molecular weight excluding hydrogens is 436 g/mol. The van der Waals surface area contributed by atoms with Crippen molar-refractivity contribution in [3.05, 3.63) is 59.7 Å². The standard InChI is InChI=1S/C26H30N2O6/c1-16-11-12-23(25(30)31)28(13-16)24(29)22(15-33-2)27-26(32)34-14-21-19-9-5-3-7-17(19)18-8-4-6-10-20(18)21/h3-10,16,21-23H,11-15H2,1-2H3,(H,27,32)(H,30,31)/t16?,22-,23?/m0/s1. The van der Waals surface area contributed by atoms with Crippen LogP contribution in [0, 0.1) is 5.92 Å². The molecule has 3 atom stereocenters. The van der Waals surface area contributed by atoms with Crippen molar-refractivity contribution in [1.29, 1.82) is 0 Å². The van der Waals surface area contributed by atoms with Crippen molar-refractivity contribution in [3.63, 3.8) is 0 Å². The number of fused-ring (bicyclic) bond motifs is 3. The van der Waals surface area contributed by atoms with Gasteiger partial charge < -0.3 is 24.8 Å². The van der Waals surface area contributed by atoms with Gasteiger partial charge in [0.2, 0.25) is 5.91 Å². The number of hydrogen-bond acceptors (Lipinski definition) is 5. The van der Waals surface area contributed by atoms with E-state index in [9.17, 15) is 19.5 Å². The van der Waals surface area contributed by atoms with E-state index >= 15 is 0 Å². The van der Waals surface area contributed by atoms with Gasteiger partial charge in [0.05, 0.1) is 6.61 Å². The van der Waals surface area contributed by atoms with E-state index in [4.69, 9.17) is 9.47 Å². The van der Waals surface area contributed by atoms with Gasteiger partial charge >= 0.3 is 12.1 Å². The molecule has 2 aliphatic rings. The lowest BCUT2D eigenvalue weighted by Crippen LogP contribution is -2.58. The number of carboxylic acid groups (broad SMARTS) is 1. The largest absolute Gasteiger partial charge is 0.480 e. The van der Waals surface area contributed by atoms with E-state index in [-0.39, 0.29) is 25.0 Å². The molecule has 1 fully saturated rings. The zero-order valence-electron chi connectivity index (χ0n) is 19.4. The molecule has 0 radical (unpaired) electrons. The molecular formula is C26H30N2O6. The smallest absolute Gasteiger partial charge is 0.407 e. The molecule has 2 unspecified atom stereocenters. The lowest BCUT2D eigenvalue weighted by Gasteiger charge is -2.38. The van der Waals surface area contributed by atoms with Crippen molar-refractivity contribution < 1.29 is 29.0 Å². The third kappa shape index (κ3) is 4.77. The Hall–Kier alpha value is -3.39. The van der Waals surface area contributed by atoms with E-state index < -0.39 is 30.1 Å². The first-order chi connectivity index (χ1) is 16.4. The highest BCUT2D eigenvalue weighted by Gasteiger charge is 2.38. The molecule has 0 aromatic heterocycles. The summed E-state index contributed by atoms with van der Waals surface area (Å²) in [6.45, 7) is 2.33. The summed E-state index contributed by atoms with van der Waals surface area (Å²) in [7, 11) is 1.42. The zero-order valence-corrected chi connectivity index (χ0v) is 19.4. The summed E-state index contributed by atoms with van der Waals surface area (Å²) >= 11 is 0. The topological polar surface area (TPSA) is 105 Å². The Morgan fingerprint density at radius 2 is 1.68 bits per heavy atom. The zero-order chi connectivity index (χ0) is 24.2. The molecule has 0 saturated carbocycles. The van der Waals surface area contributed by atoms with Crippen molar-refractivity contribution in [2.75, 3.05) is 26.9 Å². The molecule has 1 heterocycles. The van der Waals surface area contributed by atoms with E-state index in [1.165, 1.54) is 12.0 Å². The Balaban J connectivity index is 1.44. The molecule has 8 nitrogen and oxygen atoms in total. The number of aliphatic carboxylic acids is 1. The van der Waals surface area contributed by atoms with E-state index in [1.54, 1.807) is 0 Å². The third-order valence-electron chi connectivity index (χ3n) is 6.65. The number of nitrogens with one attached hydrogen (secondary N) is 1. The summed E-state index contributed by atoms with van der Waals surface area (Å²) in [6.07, 6.45) is 0.372. The molecule has 2 aromatic carbocycles. The predicted octanol–water partition coefficient (Wildman–Crippen LogP) is 3.25. The van der Waals surface area contributed by atoms with Crippen LogP contribution in [0.5, 0.6) is 0 Å². The van der Waals surface area contributed by atoms with Gasteiger partial charge in [-0.25, -0.2) is 9.59 Å². The number of ether oxygens (including phenoxy) is 2. The van der Waals surface area contributed by atoms with Crippen molar-refractivity contribution in [3.8, 4) is 11.1 Å². The van der Waals surface area contributed by atoms with Crippen LogP contribution in [0.4, 0.5) is 4.79 Å². The fourth-order valence-corrected chi connectivity index (χ4v) is 4.98. The first-order valence-corrected chi connectivity index (χ1v) is 11.5. The Kier molecular flexibility index (Phi) is 7.17. The molecule has 1 aliphatic carbocycles. The van der Waals surface area contributed by atoms with E-state index in [1.807, 2.05) is 43.3 Å². The van der Waals surface area contributed by atoms with Crippen LogP contribution in [0.2, 0.25) is 0 Å². The monoisotopic (exact) mass is 466 g/mol.